The van der Waals surface area contributed by atoms with Crippen LogP contribution in [0.2, 0.25) is 0 Å². The molecule has 4 saturated carbocycles. The Balaban J connectivity index is 1.41. The van der Waals surface area contributed by atoms with Crippen LogP contribution < -0.4 is 5.32 Å². The van der Waals surface area contributed by atoms with Crippen molar-refractivity contribution in [3.63, 3.8) is 0 Å². The molecule has 0 aromatic carbocycles. The number of carboxylic acids is 1. The number of aliphatic hydroxyl groups excluding tert-OH is 2. The number of rotatable bonds is 7. The summed E-state index contributed by atoms with van der Waals surface area (Å²) in [6.07, 6.45) is 14.0. The number of hydrogen-bond acceptors (Lipinski definition) is 4. The second-order valence-corrected chi connectivity index (χ2v) is 12.8. The number of carbonyl (C=O) groups excluding carboxylic acids is 1. The van der Waals surface area contributed by atoms with Crippen LogP contribution in [0.4, 0.5) is 0 Å². The number of carboxylic acid groups (broad SMARTS) is 1. The third-order valence-corrected chi connectivity index (χ3v) is 11.2. The van der Waals surface area contributed by atoms with Crippen molar-refractivity contribution >= 4 is 11.9 Å². The van der Waals surface area contributed by atoms with Crippen LogP contribution in [-0.4, -0.2) is 45.4 Å². The standard InChI is InChI=1S/C29H45NO5/c1-5-6-23(27(34)35)30-25(33)10-7-17(2)20-8-9-21-26-22(12-14-29(20,21)4)28(3)13-11-19(31)15-18(28)16-24(26)32/h1,17-24,26,31-32H,6-16H2,2-4H3,(H,30,33)(H,34,35)/t17?,18-,19+,20-,21+,22+,23?,24+,26+,28+,29-/m1/s1. The van der Waals surface area contributed by atoms with E-state index in [2.05, 4.69) is 32.0 Å². The molecule has 4 fully saturated rings. The fraction of sp³-hybridized carbons (Fsp3) is 0.862. The van der Waals surface area contributed by atoms with Crippen molar-refractivity contribution < 1.29 is 24.9 Å². The van der Waals surface area contributed by atoms with Gasteiger partial charge in [-0.3, -0.25) is 4.79 Å². The summed E-state index contributed by atoms with van der Waals surface area (Å²) in [7, 11) is 0. The van der Waals surface area contributed by atoms with Crippen LogP contribution in [-0.2, 0) is 9.59 Å². The summed E-state index contributed by atoms with van der Waals surface area (Å²) in [6.45, 7) is 7.11. The van der Waals surface area contributed by atoms with Gasteiger partial charge < -0.3 is 20.6 Å². The maximum absolute atomic E-state index is 12.4. The van der Waals surface area contributed by atoms with Gasteiger partial charge in [-0.15, -0.1) is 12.3 Å². The highest BCUT2D eigenvalue weighted by molar-refractivity contribution is 5.83. The minimum absolute atomic E-state index is 0.0113. The van der Waals surface area contributed by atoms with Gasteiger partial charge in [0, 0.05) is 12.8 Å². The Morgan fingerprint density at radius 1 is 1.06 bits per heavy atom. The predicted molar refractivity (Wildman–Crippen MR) is 134 cm³/mol. The van der Waals surface area contributed by atoms with Gasteiger partial charge in [0.25, 0.3) is 0 Å². The topological polar surface area (TPSA) is 107 Å². The van der Waals surface area contributed by atoms with Crippen LogP contribution in [0.3, 0.4) is 0 Å². The Morgan fingerprint density at radius 3 is 2.43 bits per heavy atom. The lowest BCUT2D eigenvalue weighted by molar-refractivity contribution is -0.174. The second kappa shape index (κ2) is 10.1. The average Bonchev–Trinajstić information content (AvgIpc) is 3.15. The van der Waals surface area contributed by atoms with Gasteiger partial charge in [0.1, 0.15) is 6.04 Å². The number of aliphatic hydroxyl groups is 2. The molecule has 0 radical (unpaired) electrons. The molecule has 0 aromatic rings. The molecule has 35 heavy (non-hydrogen) atoms. The summed E-state index contributed by atoms with van der Waals surface area (Å²) in [4.78, 5) is 23.7. The van der Waals surface area contributed by atoms with Crippen molar-refractivity contribution in [3.8, 4) is 12.3 Å². The third kappa shape index (κ3) is 4.76. The highest BCUT2D eigenvalue weighted by atomic mass is 16.4. The van der Waals surface area contributed by atoms with E-state index < -0.39 is 12.0 Å². The highest BCUT2D eigenvalue weighted by Gasteiger charge is 2.62. The SMILES string of the molecule is C#CCC(NC(=O)CCC(C)[C@H]1CC[C@H]2[C@@H]3[C@@H](O)C[C@H]4C[C@@H](O)CC[C@]4(C)[C@H]3CC[C@]12C)C(=O)O. The first-order valence-electron chi connectivity index (χ1n) is 13.8. The van der Waals surface area contributed by atoms with E-state index >= 15 is 0 Å². The van der Waals surface area contributed by atoms with Crippen molar-refractivity contribution in [1.82, 2.24) is 5.32 Å². The molecule has 0 aliphatic heterocycles. The number of nitrogens with one attached hydrogen (secondary N) is 1. The number of amides is 1. The quantitative estimate of drug-likeness (QED) is 0.406. The molecule has 0 bridgehead atoms. The molecule has 0 spiro atoms. The van der Waals surface area contributed by atoms with E-state index in [1.807, 2.05) is 0 Å². The molecule has 4 aliphatic rings. The van der Waals surface area contributed by atoms with Crippen LogP contribution >= 0.6 is 0 Å². The number of carbonyl (C=O) groups is 2. The number of aliphatic carboxylic acids is 1. The second-order valence-electron chi connectivity index (χ2n) is 12.8. The molecular formula is C29H45NO5. The predicted octanol–water partition coefficient (Wildman–Crippen LogP) is 3.99. The van der Waals surface area contributed by atoms with Crippen LogP contribution in [0.1, 0.15) is 91.4 Å². The zero-order chi connectivity index (χ0) is 25.5. The number of fused-ring (bicyclic) bond motifs is 5. The van der Waals surface area contributed by atoms with Crippen LogP contribution in [0.25, 0.3) is 0 Å². The normalized spacial score (nSPS) is 44.2. The summed E-state index contributed by atoms with van der Waals surface area (Å²) >= 11 is 0. The summed E-state index contributed by atoms with van der Waals surface area (Å²) in [6, 6.07) is -1.02. The first kappa shape index (κ1) is 26.5. The lowest BCUT2D eigenvalue weighted by Gasteiger charge is -2.62. The monoisotopic (exact) mass is 487 g/mol. The van der Waals surface area contributed by atoms with Crippen molar-refractivity contribution in [1.29, 1.82) is 0 Å². The zero-order valence-electron chi connectivity index (χ0n) is 21.7. The first-order chi connectivity index (χ1) is 16.5. The molecule has 6 nitrogen and oxygen atoms in total. The molecule has 4 N–H and O–H groups in total. The fourth-order valence-electron chi connectivity index (χ4n) is 9.32. The molecule has 4 rings (SSSR count). The molecule has 0 saturated heterocycles. The summed E-state index contributed by atoms with van der Waals surface area (Å²) in [5.74, 6) is 3.65. The van der Waals surface area contributed by atoms with E-state index in [-0.39, 0.29) is 35.4 Å². The Bertz CT molecular complexity index is 853. The Kier molecular flexibility index (Phi) is 7.61. The van der Waals surface area contributed by atoms with Gasteiger partial charge in [0.05, 0.1) is 12.2 Å². The maximum Gasteiger partial charge on any atom is 0.327 e. The van der Waals surface area contributed by atoms with E-state index in [0.717, 1.165) is 51.4 Å². The van der Waals surface area contributed by atoms with Crippen LogP contribution in [0.15, 0.2) is 0 Å². The number of terminal acetylenes is 1. The summed E-state index contributed by atoms with van der Waals surface area (Å²) in [5.41, 5.74) is 0.397. The van der Waals surface area contributed by atoms with E-state index in [4.69, 9.17) is 6.42 Å². The average molecular weight is 488 g/mol. The minimum Gasteiger partial charge on any atom is -0.480 e. The highest BCUT2D eigenvalue weighted by Crippen LogP contribution is 2.68. The largest absolute Gasteiger partial charge is 0.480 e. The lowest BCUT2D eigenvalue weighted by Crippen LogP contribution is -2.58. The van der Waals surface area contributed by atoms with Gasteiger partial charge in [-0.1, -0.05) is 20.8 Å². The molecule has 2 unspecified atom stereocenters. The Morgan fingerprint density at radius 2 is 1.74 bits per heavy atom. The molecule has 6 heteroatoms. The lowest BCUT2D eigenvalue weighted by atomic mass is 9.43. The van der Waals surface area contributed by atoms with E-state index in [1.165, 1.54) is 6.42 Å². The van der Waals surface area contributed by atoms with Gasteiger partial charge >= 0.3 is 5.97 Å². The molecule has 196 valence electrons. The van der Waals surface area contributed by atoms with Crippen LogP contribution in [0, 0.1) is 58.7 Å². The first-order valence-corrected chi connectivity index (χ1v) is 13.8. The van der Waals surface area contributed by atoms with E-state index in [9.17, 15) is 24.9 Å². The Hall–Kier alpha value is -1.58. The molecule has 4 aliphatic carbocycles. The van der Waals surface area contributed by atoms with Crippen molar-refractivity contribution in [2.24, 2.45) is 46.3 Å². The van der Waals surface area contributed by atoms with Crippen molar-refractivity contribution in [2.75, 3.05) is 0 Å². The smallest absolute Gasteiger partial charge is 0.327 e. The van der Waals surface area contributed by atoms with Gasteiger partial charge in [-0.05, 0) is 104 Å². The summed E-state index contributed by atoms with van der Waals surface area (Å²) in [5, 5.41) is 33.5. The fourth-order valence-corrected chi connectivity index (χ4v) is 9.32. The molecule has 1 amide bonds. The van der Waals surface area contributed by atoms with E-state index in [1.54, 1.807) is 0 Å². The minimum atomic E-state index is -1.10. The molecule has 0 heterocycles. The van der Waals surface area contributed by atoms with Gasteiger partial charge in [-0.25, -0.2) is 4.79 Å². The third-order valence-electron chi connectivity index (χ3n) is 11.2. The maximum atomic E-state index is 12.4. The van der Waals surface area contributed by atoms with Crippen molar-refractivity contribution in [3.05, 3.63) is 0 Å². The van der Waals surface area contributed by atoms with Gasteiger partial charge in [-0.2, -0.15) is 0 Å². The zero-order valence-corrected chi connectivity index (χ0v) is 21.7. The molecule has 11 atom stereocenters. The molecule has 0 aromatic heterocycles. The van der Waals surface area contributed by atoms with E-state index in [0.29, 0.717) is 41.9 Å². The van der Waals surface area contributed by atoms with Crippen LogP contribution in [0.5, 0.6) is 0 Å². The molecular weight excluding hydrogens is 442 g/mol. The van der Waals surface area contributed by atoms with Crippen molar-refractivity contribution in [2.45, 2.75) is 110 Å². The Labute approximate surface area is 210 Å². The van der Waals surface area contributed by atoms with Gasteiger partial charge in [0.2, 0.25) is 5.91 Å². The number of hydrogen-bond donors (Lipinski definition) is 4. The summed E-state index contributed by atoms with van der Waals surface area (Å²) < 4.78 is 0. The van der Waals surface area contributed by atoms with Gasteiger partial charge in [0.15, 0.2) is 0 Å².